The number of rotatable bonds is 3. The molecule has 4 heteroatoms. The van der Waals surface area contributed by atoms with Crippen molar-refractivity contribution in [3.8, 4) is 0 Å². The Kier molecular flexibility index (Phi) is 3.27. The minimum Gasteiger partial charge on any atom is -0.390 e. The Labute approximate surface area is 79.8 Å². The van der Waals surface area contributed by atoms with Crippen molar-refractivity contribution in [2.45, 2.75) is 10.8 Å². The van der Waals surface area contributed by atoms with Crippen molar-refractivity contribution in [3.63, 3.8) is 0 Å². The van der Waals surface area contributed by atoms with E-state index in [2.05, 4.69) is 0 Å². The van der Waals surface area contributed by atoms with Gasteiger partial charge in [0.25, 0.3) is 5.92 Å². The fourth-order valence-corrected chi connectivity index (χ4v) is 1.40. The summed E-state index contributed by atoms with van der Waals surface area (Å²) in [6.45, 7) is -1.15. The van der Waals surface area contributed by atoms with Crippen molar-refractivity contribution in [2.24, 2.45) is 0 Å². The summed E-state index contributed by atoms with van der Waals surface area (Å²) in [6, 6.07) is 6.02. The second-order valence-corrected chi connectivity index (χ2v) is 3.47. The summed E-state index contributed by atoms with van der Waals surface area (Å²) in [6.07, 6.45) is 1.82. The molecule has 13 heavy (non-hydrogen) atoms. The van der Waals surface area contributed by atoms with Crippen LogP contribution in [-0.2, 0) is 5.92 Å². The van der Waals surface area contributed by atoms with Crippen LogP contribution in [-0.4, -0.2) is 18.0 Å². The van der Waals surface area contributed by atoms with Gasteiger partial charge in [-0.05, 0) is 18.4 Å². The monoisotopic (exact) mass is 204 g/mol. The van der Waals surface area contributed by atoms with Crippen LogP contribution in [0.15, 0.2) is 29.2 Å². The van der Waals surface area contributed by atoms with Gasteiger partial charge in [-0.2, -0.15) is 8.78 Å². The van der Waals surface area contributed by atoms with Gasteiger partial charge in [-0.25, -0.2) is 0 Å². The number of halogens is 2. The van der Waals surface area contributed by atoms with Gasteiger partial charge in [-0.15, -0.1) is 11.8 Å². The van der Waals surface area contributed by atoms with Crippen LogP contribution in [0, 0.1) is 0 Å². The lowest BCUT2D eigenvalue weighted by Gasteiger charge is -2.13. The highest BCUT2D eigenvalue weighted by molar-refractivity contribution is 7.98. The molecule has 0 aliphatic heterocycles. The molecular weight excluding hydrogens is 194 g/mol. The summed E-state index contributed by atoms with van der Waals surface area (Å²) in [4.78, 5) is 0.769. The van der Waals surface area contributed by atoms with E-state index < -0.39 is 12.5 Å². The van der Waals surface area contributed by atoms with Crippen LogP contribution in [0.2, 0.25) is 0 Å². The highest BCUT2D eigenvalue weighted by Gasteiger charge is 2.30. The highest BCUT2D eigenvalue weighted by Crippen LogP contribution is 2.29. The van der Waals surface area contributed by atoms with Crippen molar-refractivity contribution in [2.75, 3.05) is 12.9 Å². The lowest BCUT2D eigenvalue weighted by Crippen LogP contribution is -2.18. The van der Waals surface area contributed by atoms with Crippen LogP contribution in [0.25, 0.3) is 0 Å². The minimum absolute atomic E-state index is 0.137. The van der Waals surface area contributed by atoms with Crippen LogP contribution in [0.1, 0.15) is 5.56 Å². The fourth-order valence-electron chi connectivity index (χ4n) is 0.942. The third-order valence-electron chi connectivity index (χ3n) is 1.69. The molecule has 0 aliphatic rings. The predicted molar refractivity (Wildman–Crippen MR) is 49.2 cm³/mol. The summed E-state index contributed by atoms with van der Waals surface area (Å²) in [5.41, 5.74) is -0.137. The van der Waals surface area contributed by atoms with Crippen LogP contribution in [0.3, 0.4) is 0 Å². The first-order chi connectivity index (χ1) is 6.10. The standard InChI is InChI=1S/C9H10F2OS/c1-13-8-4-2-3-7(5-8)9(10,11)6-12/h2-5,12H,6H2,1H3. The summed E-state index contributed by atoms with van der Waals surface area (Å²) < 4.78 is 25.9. The lowest BCUT2D eigenvalue weighted by molar-refractivity contribution is -0.0557. The van der Waals surface area contributed by atoms with E-state index in [0.29, 0.717) is 0 Å². The van der Waals surface area contributed by atoms with Crippen LogP contribution in [0.4, 0.5) is 8.78 Å². The Morgan fingerprint density at radius 1 is 1.46 bits per heavy atom. The molecule has 0 radical (unpaired) electrons. The molecule has 1 rings (SSSR count). The van der Waals surface area contributed by atoms with Gasteiger partial charge in [0, 0.05) is 10.5 Å². The first-order valence-electron chi connectivity index (χ1n) is 3.73. The van der Waals surface area contributed by atoms with E-state index in [1.54, 1.807) is 12.1 Å². The minimum atomic E-state index is -3.13. The summed E-state index contributed by atoms with van der Waals surface area (Å²) in [5.74, 6) is -3.13. The second-order valence-electron chi connectivity index (χ2n) is 2.59. The molecule has 1 aromatic rings. The summed E-state index contributed by atoms with van der Waals surface area (Å²) >= 11 is 1.39. The van der Waals surface area contributed by atoms with Crippen LogP contribution < -0.4 is 0 Å². The molecule has 0 fully saturated rings. The average Bonchev–Trinajstić information content (AvgIpc) is 2.18. The third-order valence-corrected chi connectivity index (χ3v) is 2.42. The molecule has 0 amide bonds. The van der Waals surface area contributed by atoms with Gasteiger partial charge in [0.2, 0.25) is 0 Å². The highest BCUT2D eigenvalue weighted by atomic mass is 32.2. The van der Waals surface area contributed by atoms with Crippen molar-refractivity contribution in [1.29, 1.82) is 0 Å². The zero-order valence-corrected chi connectivity index (χ0v) is 7.94. The molecule has 1 nitrogen and oxygen atoms in total. The molecule has 0 bridgehead atoms. The second kappa shape index (κ2) is 4.07. The van der Waals surface area contributed by atoms with Crippen molar-refractivity contribution < 1.29 is 13.9 Å². The van der Waals surface area contributed by atoms with Crippen molar-refractivity contribution in [1.82, 2.24) is 0 Å². The summed E-state index contributed by atoms with van der Waals surface area (Å²) in [5, 5.41) is 8.45. The number of thioether (sulfide) groups is 1. The summed E-state index contributed by atoms with van der Waals surface area (Å²) in [7, 11) is 0. The first-order valence-corrected chi connectivity index (χ1v) is 4.96. The zero-order valence-electron chi connectivity index (χ0n) is 7.13. The fraction of sp³-hybridized carbons (Fsp3) is 0.333. The Morgan fingerprint density at radius 3 is 2.69 bits per heavy atom. The van der Waals surface area contributed by atoms with E-state index in [0.717, 1.165) is 4.90 Å². The Hall–Kier alpha value is -0.610. The van der Waals surface area contributed by atoms with Crippen LogP contribution in [0.5, 0.6) is 0 Å². The molecule has 0 atom stereocenters. The Balaban J connectivity index is 3.01. The normalized spacial score (nSPS) is 11.7. The molecule has 0 saturated carbocycles. The van der Waals surface area contributed by atoms with Gasteiger partial charge in [-0.3, -0.25) is 0 Å². The number of aliphatic hydroxyl groups excluding tert-OH is 1. The largest absolute Gasteiger partial charge is 0.390 e. The Morgan fingerprint density at radius 2 is 2.15 bits per heavy atom. The zero-order chi connectivity index (χ0) is 9.90. The van der Waals surface area contributed by atoms with Gasteiger partial charge in [0.1, 0.15) is 6.61 Å². The van der Waals surface area contributed by atoms with Crippen molar-refractivity contribution >= 4 is 11.8 Å². The third kappa shape index (κ3) is 2.42. The number of hydrogen-bond acceptors (Lipinski definition) is 2. The van der Waals surface area contributed by atoms with Gasteiger partial charge in [-0.1, -0.05) is 12.1 Å². The quantitative estimate of drug-likeness (QED) is 0.763. The smallest absolute Gasteiger partial charge is 0.295 e. The average molecular weight is 204 g/mol. The van der Waals surface area contributed by atoms with E-state index in [9.17, 15) is 8.78 Å². The molecule has 1 aromatic carbocycles. The van der Waals surface area contributed by atoms with E-state index in [-0.39, 0.29) is 5.56 Å². The van der Waals surface area contributed by atoms with E-state index in [1.165, 1.54) is 23.9 Å². The maximum Gasteiger partial charge on any atom is 0.295 e. The van der Waals surface area contributed by atoms with E-state index in [1.807, 2.05) is 6.26 Å². The first kappa shape index (κ1) is 10.5. The van der Waals surface area contributed by atoms with Gasteiger partial charge in [0.05, 0.1) is 0 Å². The SMILES string of the molecule is CSc1cccc(C(F)(F)CO)c1. The van der Waals surface area contributed by atoms with Crippen LogP contribution >= 0.6 is 11.8 Å². The molecular formula is C9H10F2OS. The molecule has 0 aliphatic carbocycles. The number of alkyl halides is 2. The predicted octanol–water partition coefficient (Wildman–Crippen LogP) is 2.49. The molecule has 0 aromatic heterocycles. The molecule has 1 N–H and O–H groups in total. The van der Waals surface area contributed by atoms with Gasteiger partial charge in [0.15, 0.2) is 0 Å². The van der Waals surface area contributed by atoms with Crippen molar-refractivity contribution in [3.05, 3.63) is 29.8 Å². The molecule has 0 saturated heterocycles. The molecule has 0 heterocycles. The molecule has 0 spiro atoms. The maximum atomic E-state index is 12.9. The number of hydrogen-bond donors (Lipinski definition) is 1. The lowest BCUT2D eigenvalue weighted by atomic mass is 10.1. The molecule has 72 valence electrons. The number of aliphatic hydroxyl groups is 1. The van der Waals surface area contributed by atoms with E-state index in [4.69, 9.17) is 5.11 Å². The topological polar surface area (TPSA) is 20.2 Å². The van der Waals surface area contributed by atoms with E-state index >= 15 is 0 Å². The molecule has 0 unspecified atom stereocenters. The Bertz CT molecular complexity index is 289. The van der Waals surface area contributed by atoms with Gasteiger partial charge < -0.3 is 5.11 Å². The number of benzene rings is 1. The maximum absolute atomic E-state index is 12.9. The van der Waals surface area contributed by atoms with Gasteiger partial charge >= 0.3 is 0 Å².